The summed E-state index contributed by atoms with van der Waals surface area (Å²) in [5, 5.41) is 2.06. The van der Waals surface area contributed by atoms with Crippen LogP contribution in [0.2, 0.25) is 0 Å². The lowest BCUT2D eigenvalue weighted by Crippen LogP contribution is -2.34. The van der Waals surface area contributed by atoms with Crippen LogP contribution in [0.25, 0.3) is 0 Å². The summed E-state index contributed by atoms with van der Waals surface area (Å²) in [5.41, 5.74) is -0.489. The van der Waals surface area contributed by atoms with Crippen molar-refractivity contribution in [2.24, 2.45) is 0 Å². The molecule has 0 unspecified atom stereocenters. The van der Waals surface area contributed by atoms with Crippen LogP contribution in [0.5, 0.6) is 0 Å². The van der Waals surface area contributed by atoms with E-state index in [9.17, 15) is 22.8 Å². The Morgan fingerprint density at radius 3 is 2.68 bits per heavy atom. The first-order valence-electron chi connectivity index (χ1n) is 5.34. The van der Waals surface area contributed by atoms with Crippen molar-refractivity contribution in [3.63, 3.8) is 0 Å². The van der Waals surface area contributed by atoms with E-state index in [1.54, 1.807) is 0 Å². The molecule has 2 rings (SSSR count). The number of carbonyl (C=O) groups is 2. The topological polar surface area (TPSA) is 58.6 Å². The van der Waals surface area contributed by atoms with Crippen molar-refractivity contribution in [1.29, 1.82) is 0 Å². The van der Waals surface area contributed by atoms with Gasteiger partial charge in [0.15, 0.2) is 17.5 Å². The maximum atomic E-state index is 13.3. The summed E-state index contributed by atoms with van der Waals surface area (Å²) >= 11 is 0. The molecule has 1 heterocycles. The van der Waals surface area contributed by atoms with Gasteiger partial charge < -0.3 is 10.1 Å². The lowest BCUT2D eigenvalue weighted by molar-refractivity contribution is -0.116. The van der Waals surface area contributed by atoms with E-state index in [4.69, 9.17) is 0 Å². The van der Waals surface area contributed by atoms with Crippen molar-refractivity contribution in [2.45, 2.75) is 0 Å². The van der Waals surface area contributed by atoms with Gasteiger partial charge in [-0.2, -0.15) is 0 Å². The van der Waals surface area contributed by atoms with Crippen LogP contribution in [0.3, 0.4) is 0 Å². The van der Waals surface area contributed by atoms with Crippen molar-refractivity contribution in [3.05, 3.63) is 29.6 Å². The number of amides is 2. The molecule has 1 fully saturated rings. The molecule has 1 saturated heterocycles. The highest BCUT2D eigenvalue weighted by atomic mass is 19.2. The van der Waals surface area contributed by atoms with E-state index >= 15 is 0 Å². The zero-order valence-corrected chi connectivity index (χ0v) is 9.58. The minimum Gasteiger partial charge on any atom is -0.448 e. The first-order valence-corrected chi connectivity index (χ1v) is 5.34. The number of cyclic esters (lactones) is 1. The van der Waals surface area contributed by atoms with Gasteiger partial charge in [0.05, 0.1) is 12.2 Å². The van der Waals surface area contributed by atoms with E-state index in [-0.39, 0.29) is 19.7 Å². The largest absolute Gasteiger partial charge is 0.448 e. The van der Waals surface area contributed by atoms with Gasteiger partial charge in [0.25, 0.3) is 0 Å². The molecule has 0 aliphatic carbocycles. The van der Waals surface area contributed by atoms with Gasteiger partial charge in [0.2, 0.25) is 5.91 Å². The maximum Gasteiger partial charge on any atom is 0.410 e. The lowest BCUT2D eigenvalue weighted by atomic mass is 10.2. The van der Waals surface area contributed by atoms with E-state index in [0.717, 1.165) is 11.0 Å². The first kappa shape index (κ1) is 13.2. The average Bonchev–Trinajstić information content (AvgIpc) is 2.76. The van der Waals surface area contributed by atoms with E-state index in [1.165, 1.54) is 0 Å². The van der Waals surface area contributed by atoms with Crippen LogP contribution in [0, 0.1) is 17.5 Å². The molecule has 0 bridgehead atoms. The molecule has 0 saturated carbocycles. The van der Waals surface area contributed by atoms with Crippen LogP contribution >= 0.6 is 0 Å². The number of anilines is 1. The van der Waals surface area contributed by atoms with Crippen LogP contribution in [-0.2, 0) is 9.53 Å². The highest BCUT2D eigenvalue weighted by Crippen LogP contribution is 2.19. The fourth-order valence-electron chi connectivity index (χ4n) is 1.55. The Labute approximate surface area is 105 Å². The predicted octanol–water partition coefficient (Wildman–Crippen LogP) is 1.49. The number of carbonyl (C=O) groups excluding carboxylic acids is 2. The summed E-state index contributed by atoms with van der Waals surface area (Å²) in [4.78, 5) is 23.7. The highest BCUT2D eigenvalue weighted by molar-refractivity contribution is 5.94. The van der Waals surface area contributed by atoms with Crippen molar-refractivity contribution in [3.8, 4) is 0 Å². The molecule has 1 aromatic carbocycles. The van der Waals surface area contributed by atoms with E-state index in [1.807, 2.05) is 0 Å². The average molecular weight is 274 g/mol. The van der Waals surface area contributed by atoms with Gasteiger partial charge in [-0.05, 0) is 12.1 Å². The molecule has 8 heteroatoms. The molecule has 0 radical (unpaired) electrons. The first-order chi connectivity index (χ1) is 8.99. The summed E-state index contributed by atoms with van der Waals surface area (Å²) < 4.78 is 43.5. The molecule has 1 N–H and O–H groups in total. The van der Waals surface area contributed by atoms with Crippen LogP contribution in [0.1, 0.15) is 0 Å². The fourth-order valence-corrected chi connectivity index (χ4v) is 1.55. The maximum absolute atomic E-state index is 13.3. The summed E-state index contributed by atoms with van der Waals surface area (Å²) in [6, 6.07) is 1.59. The summed E-state index contributed by atoms with van der Waals surface area (Å²) in [6.07, 6.45) is -0.652. The Hall–Kier alpha value is -2.25. The number of hydrogen-bond donors (Lipinski definition) is 1. The summed E-state index contributed by atoms with van der Waals surface area (Å²) in [6.45, 7) is 0.0649. The van der Waals surface area contributed by atoms with Crippen molar-refractivity contribution in [1.82, 2.24) is 4.90 Å². The Bertz CT molecular complexity index is 536. The van der Waals surface area contributed by atoms with Gasteiger partial charge in [0.1, 0.15) is 13.2 Å². The van der Waals surface area contributed by atoms with Crippen LogP contribution in [0.4, 0.5) is 23.7 Å². The standard InChI is InChI=1S/C11H9F3N2O3/c12-6-1-2-7(10(14)9(6)13)15-8(17)5-16-3-4-19-11(16)18/h1-2H,3-5H2,(H,15,17). The molecule has 1 aromatic rings. The normalized spacial score (nSPS) is 14.5. The molecule has 0 aromatic heterocycles. The monoisotopic (exact) mass is 274 g/mol. The Morgan fingerprint density at radius 1 is 1.32 bits per heavy atom. The van der Waals surface area contributed by atoms with Crippen LogP contribution in [0.15, 0.2) is 12.1 Å². The zero-order valence-electron chi connectivity index (χ0n) is 9.58. The molecular weight excluding hydrogens is 265 g/mol. The molecule has 1 aliphatic rings. The van der Waals surface area contributed by atoms with E-state index in [0.29, 0.717) is 6.07 Å². The summed E-state index contributed by atoms with van der Waals surface area (Å²) in [7, 11) is 0. The quantitative estimate of drug-likeness (QED) is 0.850. The number of ether oxygens (including phenoxy) is 1. The number of nitrogens with zero attached hydrogens (tertiary/aromatic N) is 1. The van der Waals surface area contributed by atoms with Crippen molar-refractivity contribution in [2.75, 3.05) is 25.0 Å². The zero-order chi connectivity index (χ0) is 14.0. The smallest absolute Gasteiger partial charge is 0.410 e. The van der Waals surface area contributed by atoms with Crippen molar-refractivity contribution >= 4 is 17.7 Å². The molecule has 0 spiro atoms. The van der Waals surface area contributed by atoms with Gasteiger partial charge in [-0.15, -0.1) is 0 Å². The van der Waals surface area contributed by atoms with Crippen LogP contribution < -0.4 is 5.32 Å². The molecule has 1 aliphatic heterocycles. The second kappa shape index (κ2) is 5.17. The molecule has 0 atom stereocenters. The molecular formula is C11H9F3N2O3. The minimum absolute atomic E-state index is 0.172. The highest BCUT2D eigenvalue weighted by Gasteiger charge is 2.24. The van der Waals surface area contributed by atoms with Gasteiger partial charge in [-0.25, -0.2) is 18.0 Å². The molecule has 19 heavy (non-hydrogen) atoms. The number of nitrogens with one attached hydrogen (secondary N) is 1. The predicted molar refractivity (Wildman–Crippen MR) is 57.9 cm³/mol. The van der Waals surface area contributed by atoms with E-state index < -0.39 is 35.1 Å². The van der Waals surface area contributed by atoms with E-state index in [2.05, 4.69) is 10.1 Å². The Kier molecular flexibility index (Phi) is 3.59. The third-order valence-corrected chi connectivity index (χ3v) is 2.49. The fraction of sp³-hybridized carbons (Fsp3) is 0.273. The molecule has 102 valence electrons. The SMILES string of the molecule is O=C(CN1CCOC1=O)Nc1ccc(F)c(F)c1F. The lowest BCUT2D eigenvalue weighted by Gasteiger charge is -2.12. The second-order valence-electron chi connectivity index (χ2n) is 3.81. The molecule has 5 nitrogen and oxygen atoms in total. The Morgan fingerprint density at radius 2 is 2.05 bits per heavy atom. The second-order valence-corrected chi connectivity index (χ2v) is 3.81. The third kappa shape index (κ3) is 2.78. The van der Waals surface area contributed by atoms with Crippen molar-refractivity contribution < 1.29 is 27.5 Å². The number of halogens is 3. The molecule has 2 amide bonds. The van der Waals surface area contributed by atoms with Gasteiger partial charge >= 0.3 is 6.09 Å². The number of hydrogen-bond acceptors (Lipinski definition) is 3. The van der Waals surface area contributed by atoms with Crippen LogP contribution in [-0.4, -0.2) is 36.6 Å². The van der Waals surface area contributed by atoms with Gasteiger partial charge in [-0.1, -0.05) is 0 Å². The third-order valence-electron chi connectivity index (χ3n) is 2.49. The number of rotatable bonds is 3. The Balaban J connectivity index is 2.03. The van der Waals surface area contributed by atoms with Gasteiger partial charge in [-0.3, -0.25) is 9.69 Å². The van der Waals surface area contributed by atoms with Gasteiger partial charge in [0, 0.05) is 0 Å². The summed E-state index contributed by atoms with van der Waals surface area (Å²) in [5.74, 6) is -5.24. The minimum atomic E-state index is -1.67. The number of benzene rings is 1.